The van der Waals surface area contributed by atoms with Crippen LogP contribution in [0.25, 0.3) is 0 Å². The molecule has 2 N–H and O–H groups in total. The van der Waals surface area contributed by atoms with Crippen molar-refractivity contribution in [2.24, 2.45) is 0 Å². The van der Waals surface area contributed by atoms with E-state index in [0.29, 0.717) is 18.8 Å². The van der Waals surface area contributed by atoms with Crippen LogP contribution in [-0.2, 0) is 6.18 Å². The predicted molar refractivity (Wildman–Crippen MR) is 99.8 cm³/mol. The van der Waals surface area contributed by atoms with Gasteiger partial charge in [-0.1, -0.05) is 0 Å². The number of aromatic nitrogens is 1. The van der Waals surface area contributed by atoms with Gasteiger partial charge in [-0.05, 0) is 42.8 Å². The summed E-state index contributed by atoms with van der Waals surface area (Å²) in [6, 6.07) is 8.76. The molecule has 0 unspecified atom stereocenters. The minimum Gasteiger partial charge on any atom is -0.348 e. The summed E-state index contributed by atoms with van der Waals surface area (Å²) in [5.74, 6) is 0.778. The zero-order chi connectivity index (χ0) is 19.9. The number of carbonyl (C=O) groups excluding carboxylic acids is 1. The van der Waals surface area contributed by atoms with Gasteiger partial charge in [0.15, 0.2) is 5.82 Å². The molecule has 2 aliphatic rings. The number of urea groups is 1. The first-order valence-electron chi connectivity index (χ1n) is 9.01. The Kier molecular flexibility index (Phi) is 4.52. The molecule has 148 valence electrons. The Hall–Kier alpha value is -2.97. The van der Waals surface area contributed by atoms with Gasteiger partial charge in [-0.15, -0.1) is 0 Å². The lowest BCUT2D eigenvalue weighted by Gasteiger charge is -2.40. The molecule has 2 aliphatic heterocycles. The Morgan fingerprint density at radius 1 is 1.18 bits per heavy atom. The van der Waals surface area contributed by atoms with Crippen LogP contribution >= 0.6 is 0 Å². The molecule has 28 heavy (non-hydrogen) atoms. The molecule has 2 amide bonds. The third-order valence-electron chi connectivity index (χ3n) is 5.21. The van der Waals surface area contributed by atoms with Crippen LogP contribution in [0.3, 0.4) is 0 Å². The molecule has 9 heteroatoms. The predicted octanol–water partition coefficient (Wildman–Crippen LogP) is 3.13. The van der Waals surface area contributed by atoms with Crippen molar-refractivity contribution in [3.05, 3.63) is 48.2 Å². The molecule has 1 aromatic heterocycles. The molecular weight excluding hydrogens is 371 g/mol. The molecule has 0 aliphatic carbocycles. The van der Waals surface area contributed by atoms with Crippen LogP contribution in [0.1, 0.15) is 12.0 Å². The standard InChI is InChI=1S/C19H20F3N5O/c1-23-18(28)25-13-9-15-11-26(14-6-4-12(5-7-14)19(20,21)22)16-3-2-8-24-17(16)27(15)10-13/h2-8,13,15H,9-11H2,1H3,(H2,23,25,28)/t13-,15-/m1/s1. The van der Waals surface area contributed by atoms with Crippen LogP contribution in [0.4, 0.5) is 35.2 Å². The van der Waals surface area contributed by atoms with E-state index < -0.39 is 11.7 Å². The van der Waals surface area contributed by atoms with Crippen LogP contribution in [0, 0.1) is 0 Å². The van der Waals surface area contributed by atoms with E-state index in [2.05, 4.69) is 20.5 Å². The van der Waals surface area contributed by atoms with Crippen LogP contribution in [-0.4, -0.2) is 43.2 Å². The quantitative estimate of drug-likeness (QED) is 0.826. The van der Waals surface area contributed by atoms with Crippen molar-refractivity contribution < 1.29 is 18.0 Å². The van der Waals surface area contributed by atoms with E-state index in [-0.39, 0.29) is 18.1 Å². The second-order valence-electron chi connectivity index (χ2n) is 6.96. The first-order chi connectivity index (χ1) is 13.4. The summed E-state index contributed by atoms with van der Waals surface area (Å²) in [6.45, 7) is 1.25. The van der Waals surface area contributed by atoms with Gasteiger partial charge in [0.05, 0.1) is 23.3 Å². The van der Waals surface area contributed by atoms with E-state index in [0.717, 1.165) is 30.1 Å². The Balaban J connectivity index is 1.63. The van der Waals surface area contributed by atoms with E-state index in [9.17, 15) is 18.0 Å². The number of halogens is 3. The lowest BCUT2D eigenvalue weighted by atomic mass is 10.1. The van der Waals surface area contributed by atoms with Crippen molar-refractivity contribution in [2.75, 3.05) is 29.9 Å². The second kappa shape index (κ2) is 6.88. The highest BCUT2D eigenvalue weighted by molar-refractivity contribution is 5.78. The number of anilines is 3. The highest BCUT2D eigenvalue weighted by atomic mass is 19.4. The van der Waals surface area contributed by atoms with Gasteiger partial charge in [-0.2, -0.15) is 13.2 Å². The number of pyridine rings is 1. The van der Waals surface area contributed by atoms with Crippen LogP contribution in [0.15, 0.2) is 42.6 Å². The van der Waals surface area contributed by atoms with Gasteiger partial charge in [0.2, 0.25) is 0 Å². The molecule has 0 bridgehead atoms. The van der Waals surface area contributed by atoms with Gasteiger partial charge in [0.25, 0.3) is 0 Å². The summed E-state index contributed by atoms with van der Waals surface area (Å²) < 4.78 is 38.7. The number of benzene rings is 1. The summed E-state index contributed by atoms with van der Waals surface area (Å²) >= 11 is 0. The fourth-order valence-corrected chi connectivity index (χ4v) is 3.92. The first-order valence-corrected chi connectivity index (χ1v) is 9.01. The summed E-state index contributed by atoms with van der Waals surface area (Å²) in [6.07, 6.45) is -1.92. The number of carbonyl (C=O) groups is 1. The maximum absolute atomic E-state index is 12.9. The minimum absolute atomic E-state index is 0.0210. The molecule has 0 spiro atoms. The second-order valence-corrected chi connectivity index (χ2v) is 6.96. The Morgan fingerprint density at radius 3 is 2.61 bits per heavy atom. The SMILES string of the molecule is CNC(=O)N[C@@H]1C[C@@H]2CN(c3ccc(C(F)(F)F)cc3)c3cccnc3N2C1. The summed E-state index contributed by atoms with van der Waals surface area (Å²) in [4.78, 5) is 20.3. The fourth-order valence-electron chi connectivity index (χ4n) is 3.92. The molecule has 2 aromatic rings. The van der Waals surface area contributed by atoms with Crippen LogP contribution in [0.2, 0.25) is 0 Å². The van der Waals surface area contributed by atoms with E-state index in [1.165, 1.54) is 12.1 Å². The van der Waals surface area contributed by atoms with E-state index in [1.807, 2.05) is 17.0 Å². The Labute approximate surface area is 160 Å². The van der Waals surface area contributed by atoms with E-state index in [1.54, 1.807) is 13.2 Å². The highest BCUT2D eigenvalue weighted by Gasteiger charge is 2.40. The molecule has 0 radical (unpaired) electrons. The zero-order valence-corrected chi connectivity index (χ0v) is 15.2. The maximum atomic E-state index is 12.9. The van der Waals surface area contributed by atoms with Crippen molar-refractivity contribution >= 4 is 23.2 Å². The van der Waals surface area contributed by atoms with Crippen molar-refractivity contribution in [3.63, 3.8) is 0 Å². The molecule has 6 nitrogen and oxygen atoms in total. The smallest absolute Gasteiger partial charge is 0.348 e. The third kappa shape index (κ3) is 3.32. The lowest BCUT2D eigenvalue weighted by Crippen LogP contribution is -2.44. The molecule has 1 aromatic carbocycles. The third-order valence-corrected chi connectivity index (χ3v) is 5.21. The van der Waals surface area contributed by atoms with E-state index in [4.69, 9.17) is 0 Å². The number of nitrogens with zero attached hydrogens (tertiary/aromatic N) is 3. The number of alkyl halides is 3. The van der Waals surface area contributed by atoms with Gasteiger partial charge in [0.1, 0.15) is 0 Å². The number of hydrogen-bond donors (Lipinski definition) is 2. The number of nitrogens with one attached hydrogen (secondary N) is 2. The van der Waals surface area contributed by atoms with Gasteiger partial charge in [-0.25, -0.2) is 9.78 Å². The number of hydrogen-bond acceptors (Lipinski definition) is 4. The van der Waals surface area contributed by atoms with E-state index >= 15 is 0 Å². The highest BCUT2D eigenvalue weighted by Crippen LogP contribution is 2.42. The molecular formula is C19H20F3N5O. The molecule has 1 fully saturated rings. The minimum atomic E-state index is -4.36. The van der Waals surface area contributed by atoms with Crippen molar-refractivity contribution in [1.29, 1.82) is 0 Å². The first kappa shape index (κ1) is 18.4. The van der Waals surface area contributed by atoms with Crippen LogP contribution < -0.4 is 20.4 Å². The zero-order valence-electron chi connectivity index (χ0n) is 15.2. The number of rotatable bonds is 2. The Bertz CT molecular complexity index is 871. The van der Waals surface area contributed by atoms with Gasteiger partial charge in [-0.3, -0.25) is 0 Å². The Morgan fingerprint density at radius 2 is 1.93 bits per heavy atom. The summed E-state index contributed by atoms with van der Waals surface area (Å²) in [7, 11) is 1.57. The number of amides is 2. The molecule has 2 atom stereocenters. The lowest BCUT2D eigenvalue weighted by molar-refractivity contribution is -0.137. The molecule has 3 heterocycles. The maximum Gasteiger partial charge on any atom is 0.416 e. The monoisotopic (exact) mass is 391 g/mol. The summed E-state index contributed by atoms with van der Waals surface area (Å²) in [5.41, 5.74) is 0.862. The van der Waals surface area contributed by atoms with Gasteiger partial charge in [0, 0.05) is 32.0 Å². The average molecular weight is 391 g/mol. The van der Waals surface area contributed by atoms with Crippen molar-refractivity contribution in [3.8, 4) is 0 Å². The van der Waals surface area contributed by atoms with Crippen molar-refractivity contribution in [1.82, 2.24) is 15.6 Å². The van der Waals surface area contributed by atoms with Gasteiger partial charge < -0.3 is 20.4 Å². The summed E-state index contributed by atoms with van der Waals surface area (Å²) in [5, 5.41) is 5.49. The topological polar surface area (TPSA) is 60.5 Å². The normalized spacial score (nSPS) is 21.1. The van der Waals surface area contributed by atoms with Crippen LogP contribution in [0.5, 0.6) is 0 Å². The molecule has 1 saturated heterocycles. The molecule has 0 saturated carbocycles. The average Bonchev–Trinajstić information content (AvgIpc) is 3.09. The number of fused-ring (bicyclic) bond motifs is 3. The van der Waals surface area contributed by atoms with Crippen molar-refractivity contribution in [2.45, 2.75) is 24.7 Å². The van der Waals surface area contributed by atoms with Gasteiger partial charge >= 0.3 is 12.2 Å². The molecule has 4 rings (SSSR count). The fraction of sp³-hybridized carbons (Fsp3) is 0.368. The largest absolute Gasteiger partial charge is 0.416 e.